The first-order valence-corrected chi connectivity index (χ1v) is 5.84. The number of halogens is 1. The first kappa shape index (κ1) is 12.5. The highest BCUT2D eigenvalue weighted by atomic mass is 79.9. The molecule has 0 radical (unpaired) electrons. The van der Waals surface area contributed by atoms with Crippen molar-refractivity contribution in [2.75, 3.05) is 7.11 Å². The summed E-state index contributed by atoms with van der Waals surface area (Å²) in [5.41, 5.74) is 1.20. The maximum absolute atomic E-state index is 9.42. The maximum Gasteiger partial charge on any atom is 0.133 e. The third-order valence-corrected chi connectivity index (χ3v) is 3.22. The van der Waals surface area contributed by atoms with Crippen molar-refractivity contribution >= 4 is 15.9 Å². The molecule has 0 saturated carbocycles. The van der Waals surface area contributed by atoms with Crippen molar-refractivity contribution in [3.8, 4) is 5.75 Å². The summed E-state index contributed by atoms with van der Waals surface area (Å²) in [7, 11) is 1.65. The van der Waals surface area contributed by atoms with E-state index in [0.717, 1.165) is 16.6 Å². The Balaban J connectivity index is 2.75. The zero-order valence-electron chi connectivity index (χ0n) is 9.33. The monoisotopic (exact) mass is 272 g/mol. The van der Waals surface area contributed by atoms with Gasteiger partial charge in [0.25, 0.3) is 0 Å². The Hall–Kier alpha value is -0.540. The Morgan fingerprint density at radius 1 is 1.40 bits per heavy atom. The van der Waals surface area contributed by atoms with Crippen LogP contribution in [-0.4, -0.2) is 18.3 Å². The van der Waals surface area contributed by atoms with Gasteiger partial charge in [-0.25, -0.2) is 0 Å². The lowest BCUT2D eigenvalue weighted by atomic mass is 9.97. The second-order valence-corrected chi connectivity index (χ2v) is 4.75. The third-order valence-electron chi connectivity index (χ3n) is 2.60. The quantitative estimate of drug-likeness (QED) is 0.913. The summed E-state index contributed by atoms with van der Waals surface area (Å²) >= 11 is 3.45. The lowest BCUT2D eigenvalue weighted by Gasteiger charge is -2.15. The number of aliphatic hydroxyl groups is 1. The fourth-order valence-corrected chi connectivity index (χ4v) is 1.97. The van der Waals surface area contributed by atoms with Crippen LogP contribution in [0.15, 0.2) is 22.7 Å². The molecule has 0 saturated heterocycles. The highest BCUT2D eigenvalue weighted by molar-refractivity contribution is 9.10. The molecule has 15 heavy (non-hydrogen) atoms. The molecule has 0 amide bonds. The van der Waals surface area contributed by atoms with E-state index >= 15 is 0 Å². The normalized spacial score (nSPS) is 14.7. The molecule has 2 nitrogen and oxygen atoms in total. The molecule has 0 aliphatic heterocycles. The van der Waals surface area contributed by atoms with E-state index in [2.05, 4.69) is 15.9 Å². The van der Waals surface area contributed by atoms with Gasteiger partial charge in [0, 0.05) is 0 Å². The Labute approximate surface area is 99.4 Å². The van der Waals surface area contributed by atoms with Gasteiger partial charge in [-0.15, -0.1) is 0 Å². The minimum atomic E-state index is -0.272. The second-order valence-electron chi connectivity index (χ2n) is 3.89. The van der Waals surface area contributed by atoms with Crippen LogP contribution in [0, 0.1) is 5.92 Å². The molecule has 1 aromatic carbocycles. The predicted octanol–water partition coefficient (Wildman–Crippen LogP) is 3.02. The lowest BCUT2D eigenvalue weighted by Crippen LogP contribution is -2.15. The molecular formula is C12H17BrO2. The highest BCUT2D eigenvalue weighted by Crippen LogP contribution is 2.26. The van der Waals surface area contributed by atoms with Crippen molar-refractivity contribution in [1.82, 2.24) is 0 Å². The molecule has 3 heteroatoms. The zero-order chi connectivity index (χ0) is 11.4. The number of rotatable bonds is 4. The molecule has 1 aromatic rings. The second kappa shape index (κ2) is 5.52. The van der Waals surface area contributed by atoms with Gasteiger partial charge in [-0.05, 0) is 52.9 Å². The van der Waals surface area contributed by atoms with Gasteiger partial charge < -0.3 is 9.84 Å². The van der Waals surface area contributed by atoms with E-state index in [0.29, 0.717) is 0 Å². The van der Waals surface area contributed by atoms with Crippen LogP contribution in [0.3, 0.4) is 0 Å². The van der Waals surface area contributed by atoms with Crippen LogP contribution in [0.1, 0.15) is 19.4 Å². The maximum atomic E-state index is 9.42. The summed E-state index contributed by atoms with van der Waals surface area (Å²) in [6, 6.07) is 6.01. The number of methoxy groups -OCH3 is 1. The van der Waals surface area contributed by atoms with Crippen molar-refractivity contribution in [3.05, 3.63) is 28.2 Å². The molecule has 84 valence electrons. The summed E-state index contributed by atoms with van der Waals surface area (Å²) in [6.07, 6.45) is 0.603. The molecule has 1 rings (SSSR count). The zero-order valence-corrected chi connectivity index (χ0v) is 10.9. The molecule has 0 fully saturated rings. The van der Waals surface area contributed by atoms with Gasteiger partial charge in [-0.3, -0.25) is 0 Å². The molecule has 2 atom stereocenters. The average molecular weight is 273 g/mol. The fraction of sp³-hybridized carbons (Fsp3) is 0.500. The number of hydrogen-bond donors (Lipinski definition) is 1. The van der Waals surface area contributed by atoms with Crippen molar-refractivity contribution in [2.24, 2.45) is 5.92 Å². The van der Waals surface area contributed by atoms with E-state index in [9.17, 15) is 5.11 Å². The number of ether oxygens (including phenoxy) is 1. The van der Waals surface area contributed by atoms with Gasteiger partial charge in [0.15, 0.2) is 0 Å². The summed E-state index contributed by atoms with van der Waals surface area (Å²) in [5, 5.41) is 9.42. The molecule has 2 unspecified atom stereocenters. The third kappa shape index (κ3) is 3.50. The van der Waals surface area contributed by atoms with Crippen molar-refractivity contribution in [3.63, 3.8) is 0 Å². The molecule has 0 spiro atoms. The molecule has 1 N–H and O–H groups in total. The van der Waals surface area contributed by atoms with Crippen LogP contribution in [0.25, 0.3) is 0 Å². The average Bonchev–Trinajstić information content (AvgIpc) is 2.18. The van der Waals surface area contributed by atoms with Crippen LogP contribution in [-0.2, 0) is 6.42 Å². The molecule has 0 heterocycles. The summed E-state index contributed by atoms with van der Waals surface area (Å²) in [4.78, 5) is 0. The van der Waals surface area contributed by atoms with E-state index < -0.39 is 0 Å². The molecule has 0 aliphatic carbocycles. The van der Waals surface area contributed by atoms with Gasteiger partial charge in [-0.1, -0.05) is 13.0 Å². The van der Waals surface area contributed by atoms with Crippen LogP contribution in [0.5, 0.6) is 5.75 Å². The van der Waals surface area contributed by atoms with Crippen molar-refractivity contribution in [2.45, 2.75) is 26.4 Å². The summed E-state index contributed by atoms with van der Waals surface area (Å²) < 4.78 is 6.11. The van der Waals surface area contributed by atoms with E-state index in [1.165, 1.54) is 5.56 Å². The first-order valence-electron chi connectivity index (χ1n) is 5.05. The fourth-order valence-electron chi connectivity index (χ4n) is 1.38. The van der Waals surface area contributed by atoms with Crippen LogP contribution in [0.4, 0.5) is 0 Å². The van der Waals surface area contributed by atoms with Gasteiger partial charge in [0.2, 0.25) is 0 Å². The first-order chi connectivity index (χ1) is 7.04. The predicted molar refractivity (Wildman–Crippen MR) is 65.2 cm³/mol. The van der Waals surface area contributed by atoms with Gasteiger partial charge in [0.05, 0.1) is 17.7 Å². The Kier molecular flexibility index (Phi) is 4.61. The summed E-state index contributed by atoms with van der Waals surface area (Å²) in [6.45, 7) is 3.87. The largest absolute Gasteiger partial charge is 0.496 e. The smallest absolute Gasteiger partial charge is 0.133 e. The van der Waals surface area contributed by atoms with Crippen molar-refractivity contribution in [1.29, 1.82) is 0 Å². The Morgan fingerprint density at radius 3 is 2.53 bits per heavy atom. The van der Waals surface area contributed by atoms with E-state index in [4.69, 9.17) is 4.74 Å². The van der Waals surface area contributed by atoms with Crippen LogP contribution >= 0.6 is 15.9 Å². The SMILES string of the molecule is COc1ccc(CC(C)C(C)O)cc1Br. The van der Waals surface area contributed by atoms with E-state index in [1.54, 1.807) is 7.11 Å². The Bertz CT molecular complexity index is 323. The summed E-state index contributed by atoms with van der Waals surface area (Å²) in [5.74, 6) is 1.11. The van der Waals surface area contributed by atoms with Crippen molar-refractivity contribution < 1.29 is 9.84 Å². The van der Waals surface area contributed by atoms with Crippen LogP contribution < -0.4 is 4.74 Å². The van der Waals surface area contributed by atoms with Gasteiger partial charge in [-0.2, -0.15) is 0 Å². The number of aliphatic hydroxyl groups excluding tert-OH is 1. The molecular weight excluding hydrogens is 256 g/mol. The lowest BCUT2D eigenvalue weighted by molar-refractivity contribution is 0.135. The molecule has 0 aliphatic rings. The highest BCUT2D eigenvalue weighted by Gasteiger charge is 2.10. The van der Waals surface area contributed by atoms with E-state index in [1.807, 2.05) is 32.0 Å². The number of hydrogen-bond acceptors (Lipinski definition) is 2. The number of benzene rings is 1. The van der Waals surface area contributed by atoms with E-state index in [-0.39, 0.29) is 12.0 Å². The van der Waals surface area contributed by atoms with Crippen LogP contribution in [0.2, 0.25) is 0 Å². The Morgan fingerprint density at radius 2 is 2.07 bits per heavy atom. The minimum absolute atomic E-state index is 0.269. The minimum Gasteiger partial charge on any atom is -0.496 e. The molecule has 0 bridgehead atoms. The topological polar surface area (TPSA) is 29.5 Å². The van der Waals surface area contributed by atoms with Gasteiger partial charge in [0.1, 0.15) is 5.75 Å². The standard InChI is InChI=1S/C12H17BrO2/c1-8(9(2)14)6-10-4-5-12(15-3)11(13)7-10/h4-5,7-9,14H,6H2,1-3H3. The molecule has 0 aromatic heterocycles. The van der Waals surface area contributed by atoms with Gasteiger partial charge >= 0.3 is 0 Å².